The van der Waals surface area contributed by atoms with Crippen LogP contribution in [0.3, 0.4) is 0 Å². The van der Waals surface area contributed by atoms with Crippen LogP contribution in [0, 0.1) is 0 Å². The minimum Gasteiger partial charge on any atom is -0.389 e. The lowest BCUT2D eigenvalue weighted by atomic mass is 10.2. The maximum Gasteiger partial charge on any atom is 0.179 e. The molecule has 1 fully saturated rings. The van der Waals surface area contributed by atoms with Crippen molar-refractivity contribution in [2.75, 3.05) is 18.8 Å². The fourth-order valence-electron chi connectivity index (χ4n) is 2.83. The number of rotatable bonds is 6. The van der Waals surface area contributed by atoms with Crippen LogP contribution in [-0.2, 0) is 9.84 Å². The van der Waals surface area contributed by atoms with Gasteiger partial charge in [-0.25, -0.2) is 8.42 Å². The van der Waals surface area contributed by atoms with Crippen LogP contribution in [0.1, 0.15) is 31.7 Å². The lowest BCUT2D eigenvalue weighted by molar-refractivity contribution is 0.262. The van der Waals surface area contributed by atoms with Gasteiger partial charge >= 0.3 is 0 Å². The molecule has 2 N–H and O–H groups in total. The normalized spacial score (nSPS) is 19.8. The van der Waals surface area contributed by atoms with Crippen molar-refractivity contribution in [1.29, 1.82) is 0 Å². The summed E-state index contributed by atoms with van der Waals surface area (Å²) in [4.78, 5) is 2.91. The third-order valence-electron chi connectivity index (χ3n) is 4.12. The zero-order chi connectivity index (χ0) is 15.5. The molecule has 116 valence electrons. The Kier molecular flexibility index (Phi) is 5.35. The Morgan fingerprint density at radius 2 is 2.05 bits per heavy atom. The summed E-state index contributed by atoms with van der Waals surface area (Å²) >= 11 is 4.87. The van der Waals surface area contributed by atoms with E-state index in [4.69, 9.17) is 18.0 Å². The van der Waals surface area contributed by atoms with Gasteiger partial charge in [-0.05, 0) is 37.9 Å². The van der Waals surface area contributed by atoms with Crippen molar-refractivity contribution < 1.29 is 8.42 Å². The smallest absolute Gasteiger partial charge is 0.179 e. The van der Waals surface area contributed by atoms with Crippen molar-refractivity contribution in [3.8, 4) is 0 Å². The zero-order valence-electron chi connectivity index (χ0n) is 12.3. The van der Waals surface area contributed by atoms with Crippen LogP contribution in [0.5, 0.6) is 0 Å². The number of hydrogen-bond acceptors (Lipinski definition) is 4. The molecule has 4 nitrogen and oxygen atoms in total. The largest absolute Gasteiger partial charge is 0.389 e. The summed E-state index contributed by atoms with van der Waals surface area (Å²) < 4.78 is 24.7. The average molecular weight is 326 g/mol. The first kappa shape index (κ1) is 16.4. The Bertz CT molecular complexity index is 597. The van der Waals surface area contributed by atoms with Crippen molar-refractivity contribution in [3.05, 3.63) is 29.8 Å². The van der Waals surface area contributed by atoms with E-state index in [9.17, 15) is 8.42 Å². The van der Waals surface area contributed by atoms with Gasteiger partial charge in [-0.2, -0.15) is 0 Å². The quantitative estimate of drug-likeness (QED) is 0.810. The van der Waals surface area contributed by atoms with Crippen LogP contribution < -0.4 is 5.73 Å². The van der Waals surface area contributed by atoms with Crippen molar-refractivity contribution in [2.24, 2.45) is 5.73 Å². The Hall–Kier alpha value is -0.980. The zero-order valence-corrected chi connectivity index (χ0v) is 13.9. The molecule has 2 rings (SSSR count). The van der Waals surface area contributed by atoms with Gasteiger partial charge in [0.2, 0.25) is 0 Å². The number of nitrogens with two attached hydrogens (primary N) is 1. The Labute approximate surface area is 132 Å². The van der Waals surface area contributed by atoms with E-state index in [1.54, 1.807) is 24.3 Å². The molecule has 1 aromatic rings. The number of nitrogens with zero attached hydrogens (tertiary/aromatic N) is 1. The van der Waals surface area contributed by atoms with Crippen LogP contribution in [0.25, 0.3) is 0 Å². The third kappa shape index (κ3) is 4.02. The highest BCUT2D eigenvalue weighted by Gasteiger charge is 2.24. The maximum atomic E-state index is 12.4. The van der Waals surface area contributed by atoms with Gasteiger partial charge < -0.3 is 5.73 Å². The first-order valence-corrected chi connectivity index (χ1v) is 9.37. The second-order valence-corrected chi connectivity index (χ2v) is 8.00. The first-order valence-electron chi connectivity index (χ1n) is 7.30. The molecule has 1 aliphatic heterocycles. The molecule has 0 bridgehead atoms. The summed E-state index contributed by atoms with van der Waals surface area (Å²) in [7, 11) is -3.25. The van der Waals surface area contributed by atoms with Crippen LogP contribution in [0.4, 0.5) is 0 Å². The van der Waals surface area contributed by atoms with Gasteiger partial charge in [0.1, 0.15) is 4.99 Å². The molecule has 0 spiro atoms. The van der Waals surface area contributed by atoms with E-state index in [0.29, 0.717) is 23.0 Å². The van der Waals surface area contributed by atoms with E-state index in [-0.39, 0.29) is 10.7 Å². The molecule has 6 heteroatoms. The molecule has 1 atom stereocenters. The van der Waals surface area contributed by atoms with Crippen LogP contribution >= 0.6 is 12.2 Å². The highest BCUT2D eigenvalue weighted by atomic mass is 32.2. The summed E-state index contributed by atoms with van der Waals surface area (Å²) in [6, 6.07) is 7.05. The Morgan fingerprint density at radius 3 is 2.62 bits per heavy atom. The molecule has 1 saturated heterocycles. The molecule has 21 heavy (non-hydrogen) atoms. The molecule has 1 aromatic carbocycles. The first-order chi connectivity index (χ1) is 9.94. The van der Waals surface area contributed by atoms with Gasteiger partial charge in [0.05, 0.1) is 10.6 Å². The fraction of sp³-hybridized carbons (Fsp3) is 0.533. The molecular formula is C15H22N2O2S2. The number of hydrogen-bond donors (Lipinski definition) is 1. The van der Waals surface area contributed by atoms with E-state index in [2.05, 4.69) is 11.8 Å². The van der Waals surface area contributed by atoms with E-state index in [1.165, 1.54) is 12.8 Å². The SMILES string of the molecule is CCC1CCCN1CCS(=O)(=O)c1ccc(C(N)=S)cc1. The van der Waals surface area contributed by atoms with E-state index in [0.717, 1.165) is 13.0 Å². The lowest BCUT2D eigenvalue weighted by Gasteiger charge is -2.22. The lowest BCUT2D eigenvalue weighted by Crippen LogP contribution is -2.33. The summed E-state index contributed by atoms with van der Waals surface area (Å²) in [6.45, 7) is 3.78. The van der Waals surface area contributed by atoms with Crippen molar-refractivity contribution in [2.45, 2.75) is 37.1 Å². The number of thiocarbonyl (C=S) groups is 1. The van der Waals surface area contributed by atoms with Crippen LogP contribution in [0.2, 0.25) is 0 Å². The van der Waals surface area contributed by atoms with Gasteiger partial charge in [-0.3, -0.25) is 4.90 Å². The van der Waals surface area contributed by atoms with Gasteiger partial charge in [-0.1, -0.05) is 31.3 Å². The van der Waals surface area contributed by atoms with Crippen LogP contribution in [0.15, 0.2) is 29.2 Å². The molecule has 0 amide bonds. The van der Waals surface area contributed by atoms with E-state index < -0.39 is 9.84 Å². The Balaban J connectivity index is 2.02. The second-order valence-electron chi connectivity index (χ2n) is 5.45. The van der Waals surface area contributed by atoms with E-state index >= 15 is 0 Å². The molecule has 1 heterocycles. The molecule has 0 aliphatic carbocycles. The molecule has 0 radical (unpaired) electrons. The molecule has 1 unspecified atom stereocenters. The van der Waals surface area contributed by atoms with Crippen molar-refractivity contribution in [1.82, 2.24) is 4.90 Å². The summed E-state index contributed by atoms with van der Waals surface area (Å²) in [5, 5.41) is 0. The van der Waals surface area contributed by atoms with E-state index in [1.807, 2.05) is 0 Å². The van der Waals surface area contributed by atoms with Gasteiger partial charge in [-0.15, -0.1) is 0 Å². The highest BCUT2D eigenvalue weighted by molar-refractivity contribution is 7.91. The summed E-state index contributed by atoms with van der Waals surface area (Å²) in [6.07, 6.45) is 3.43. The number of sulfone groups is 1. The minimum atomic E-state index is -3.25. The number of benzene rings is 1. The molecule has 1 aliphatic rings. The number of likely N-dealkylation sites (tertiary alicyclic amines) is 1. The van der Waals surface area contributed by atoms with Crippen molar-refractivity contribution >= 4 is 27.0 Å². The minimum absolute atomic E-state index is 0.163. The monoisotopic (exact) mass is 326 g/mol. The Morgan fingerprint density at radius 1 is 1.38 bits per heavy atom. The topological polar surface area (TPSA) is 63.4 Å². The van der Waals surface area contributed by atoms with Gasteiger partial charge in [0.15, 0.2) is 9.84 Å². The average Bonchev–Trinajstić information content (AvgIpc) is 2.93. The standard InChI is InChI=1S/C15H22N2O2S2/c1-2-13-4-3-9-17(13)10-11-21(18,19)14-7-5-12(6-8-14)15(16)20/h5-8,13H,2-4,9-11H2,1H3,(H2,16,20). The maximum absolute atomic E-state index is 12.4. The predicted octanol–water partition coefficient (Wildman–Crippen LogP) is 1.97. The molecular weight excluding hydrogens is 304 g/mol. The summed E-state index contributed by atoms with van der Waals surface area (Å²) in [5.74, 6) is 0.163. The molecule has 0 aromatic heterocycles. The van der Waals surface area contributed by atoms with Gasteiger partial charge in [0.25, 0.3) is 0 Å². The fourth-order valence-corrected chi connectivity index (χ4v) is 4.23. The highest BCUT2D eigenvalue weighted by Crippen LogP contribution is 2.20. The summed E-state index contributed by atoms with van der Waals surface area (Å²) in [5.41, 5.74) is 6.21. The van der Waals surface area contributed by atoms with Crippen LogP contribution in [-0.4, -0.2) is 43.2 Å². The second kappa shape index (κ2) is 6.85. The predicted molar refractivity (Wildman–Crippen MR) is 89.3 cm³/mol. The van der Waals surface area contributed by atoms with Crippen molar-refractivity contribution in [3.63, 3.8) is 0 Å². The third-order valence-corrected chi connectivity index (χ3v) is 6.06. The van der Waals surface area contributed by atoms with Gasteiger partial charge in [0, 0.05) is 18.2 Å². The molecule has 0 saturated carbocycles.